The molecule has 0 radical (unpaired) electrons. The van der Waals surface area contributed by atoms with Crippen LogP contribution in [0.3, 0.4) is 0 Å². The van der Waals surface area contributed by atoms with Crippen molar-refractivity contribution in [2.24, 2.45) is 0 Å². The summed E-state index contributed by atoms with van der Waals surface area (Å²) in [6.45, 7) is 4.68. The molecule has 1 aromatic rings. The number of hydrogen-bond acceptors (Lipinski definition) is 3. The van der Waals surface area contributed by atoms with Gasteiger partial charge < -0.3 is 5.32 Å². The summed E-state index contributed by atoms with van der Waals surface area (Å²) in [5, 5.41) is 11.7. The third kappa shape index (κ3) is 4.41. The van der Waals surface area contributed by atoms with E-state index in [1.165, 1.54) is 4.88 Å². The number of carbonyl (C=O) groups excluding carboxylic acids is 1. The summed E-state index contributed by atoms with van der Waals surface area (Å²) in [6, 6.07) is 5.83. The van der Waals surface area contributed by atoms with Crippen molar-refractivity contribution in [2.45, 2.75) is 26.7 Å². The van der Waals surface area contributed by atoms with E-state index in [4.69, 9.17) is 5.26 Å². The van der Waals surface area contributed by atoms with Gasteiger partial charge in [0.05, 0.1) is 0 Å². The maximum absolute atomic E-state index is 11.7. The molecule has 1 aromatic heterocycles. The van der Waals surface area contributed by atoms with E-state index < -0.39 is 0 Å². The Morgan fingerprint density at radius 2 is 2.35 bits per heavy atom. The number of unbranched alkanes of at least 4 members (excludes halogenated alkanes) is 1. The second-order valence-electron chi connectivity index (χ2n) is 3.73. The fourth-order valence-corrected chi connectivity index (χ4v) is 2.12. The van der Waals surface area contributed by atoms with Crippen LogP contribution in [0.5, 0.6) is 0 Å². The van der Waals surface area contributed by atoms with Crippen LogP contribution in [0.25, 0.3) is 6.08 Å². The summed E-state index contributed by atoms with van der Waals surface area (Å²) in [5.41, 5.74) is 0.169. The number of aryl methyl sites for hydroxylation is 1. The van der Waals surface area contributed by atoms with Crippen molar-refractivity contribution >= 4 is 23.3 Å². The second-order valence-corrected chi connectivity index (χ2v) is 5.05. The maximum atomic E-state index is 11.7. The molecule has 0 saturated carbocycles. The van der Waals surface area contributed by atoms with Gasteiger partial charge in [-0.3, -0.25) is 4.79 Å². The van der Waals surface area contributed by atoms with Gasteiger partial charge in [-0.1, -0.05) is 13.3 Å². The van der Waals surface area contributed by atoms with Crippen LogP contribution in [-0.2, 0) is 4.79 Å². The van der Waals surface area contributed by atoms with Gasteiger partial charge in [-0.2, -0.15) is 5.26 Å². The van der Waals surface area contributed by atoms with Crippen LogP contribution in [0.2, 0.25) is 0 Å². The van der Waals surface area contributed by atoms with Gasteiger partial charge in [-0.05, 0) is 31.6 Å². The van der Waals surface area contributed by atoms with E-state index in [1.54, 1.807) is 17.4 Å². The summed E-state index contributed by atoms with van der Waals surface area (Å²) in [6.07, 6.45) is 3.59. The molecular weight excluding hydrogens is 232 g/mol. The minimum absolute atomic E-state index is 0.169. The smallest absolute Gasteiger partial charge is 0.261 e. The van der Waals surface area contributed by atoms with Crippen molar-refractivity contribution < 1.29 is 4.79 Å². The van der Waals surface area contributed by atoms with Crippen LogP contribution in [0.15, 0.2) is 17.7 Å². The molecule has 0 aliphatic heterocycles. The number of nitrogens with one attached hydrogen (secondary N) is 1. The lowest BCUT2D eigenvalue weighted by Gasteiger charge is -2.01. The fourth-order valence-electron chi connectivity index (χ4n) is 1.30. The minimum atomic E-state index is -0.285. The molecule has 0 bridgehead atoms. The van der Waals surface area contributed by atoms with E-state index in [2.05, 4.69) is 12.2 Å². The standard InChI is InChI=1S/C13H16N2OS/c1-3-4-7-15-13(16)11(9-14)8-12-6-5-10(2)17-12/h5-6,8H,3-4,7H2,1-2H3,(H,15,16). The average molecular weight is 248 g/mol. The zero-order valence-corrected chi connectivity index (χ0v) is 10.9. The number of rotatable bonds is 5. The zero-order valence-electron chi connectivity index (χ0n) is 10.1. The second kappa shape index (κ2) is 6.87. The molecule has 0 fully saturated rings. The van der Waals surface area contributed by atoms with Gasteiger partial charge in [0.2, 0.25) is 0 Å². The SMILES string of the molecule is CCCCNC(=O)C(C#N)=Cc1ccc(C)s1. The average Bonchev–Trinajstić information content (AvgIpc) is 2.72. The van der Waals surface area contributed by atoms with Crippen molar-refractivity contribution in [1.29, 1.82) is 5.26 Å². The van der Waals surface area contributed by atoms with Crippen LogP contribution in [0, 0.1) is 18.3 Å². The Bertz CT molecular complexity index is 454. The van der Waals surface area contributed by atoms with Gasteiger partial charge in [0.1, 0.15) is 11.6 Å². The monoisotopic (exact) mass is 248 g/mol. The Labute approximate surface area is 106 Å². The molecule has 0 spiro atoms. The molecule has 0 atom stereocenters. The van der Waals surface area contributed by atoms with Crippen molar-refractivity contribution in [1.82, 2.24) is 5.32 Å². The summed E-state index contributed by atoms with van der Waals surface area (Å²) >= 11 is 1.57. The summed E-state index contributed by atoms with van der Waals surface area (Å²) in [7, 11) is 0. The molecule has 0 aliphatic rings. The molecule has 3 nitrogen and oxygen atoms in total. The van der Waals surface area contributed by atoms with Gasteiger partial charge in [0.25, 0.3) is 5.91 Å². The first-order valence-corrected chi connectivity index (χ1v) is 6.45. The molecule has 0 saturated heterocycles. The molecule has 4 heteroatoms. The lowest BCUT2D eigenvalue weighted by Crippen LogP contribution is -2.25. The first kappa shape index (κ1) is 13.5. The highest BCUT2D eigenvalue weighted by Gasteiger charge is 2.08. The Morgan fingerprint density at radius 3 is 2.88 bits per heavy atom. The van der Waals surface area contributed by atoms with Crippen molar-refractivity contribution in [2.75, 3.05) is 6.54 Å². The predicted molar refractivity (Wildman–Crippen MR) is 70.6 cm³/mol. The van der Waals surface area contributed by atoms with E-state index in [9.17, 15) is 4.79 Å². The number of thiophene rings is 1. The number of nitriles is 1. The van der Waals surface area contributed by atoms with Crippen LogP contribution >= 0.6 is 11.3 Å². The summed E-state index contributed by atoms with van der Waals surface area (Å²) < 4.78 is 0. The van der Waals surface area contributed by atoms with Crippen molar-refractivity contribution in [3.8, 4) is 6.07 Å². The molecule has 0 unspecified atom stereocenters. The first-order valence-electron chi connectivity index (χ1n) is 5.63. The van der Waals surface area contributed by atoms with E-state index in [1.807, 2.05) is 25.1 Å². The summed E-state index contributed by atoms with van der Waals surface area (Å²) in [4.78, 5) is 13.8. The fraction of sp³-hybridized carbons (Fsp3) is 0.385. The molecule has 0 aromatic carbocycles. The molecule has 1 heterocycles. The van der Waals surface area contributed by atoms with Gasteiger partial charge in [-0.15, -0.1) is 11.3 Å². The molecule has 1 rings (SSSR count). The Balaban J connectivity index is 2.68. The highest BCUT2D eigenvalue weighted by molar-refractivity contribution is 7.12. The number of carbonyl (C=O) groups is 1. The molecule has 1 N–H and O–H groups in total. The third-order valence-electron chi connectivity index (χ3n) is 2.23. The van der Waals surface area contributed by atoms with Gasteiger partial charge in [-0.25, -0.2) is 0 Å². The van der Waals surface area contributed by atoms with Crippen LogP contribution in [0.4, 0.5) is 0 Å². The lowest BCUT2D eigenvalue weighted by molar-refractivity contribution is -0.117. The minimum Gasteiger partial charge on any atom is -0.351 e. The quantitative estimate of drug-likeness (QED) is 0.495. The lowest BCUT2D eigenvalue weighted by atomic mass is 10.2. The Kier molecular flexibility index (Phi) is 5.44. The van der Waals surface area contributed by atoms with E-state index in [0.29, 0.717) is 6.54 Å². The highest BCUT2D eigenvalue weighted by atomic mass is 32.1. The number of amides is 1. The summed E-state index contributed by atoms with van der Waals surface area (Å²) in [5.74, 6) is -0.285. The van der Waals surface area contributed by atoms with Crippen LogP contribution < -0.4 is 5.32 Å². The van der Waals surface area contributed by atoms with Crippen LogP contribution in [0.1, 0.15) is 29.5 Å². The van der Waals surface area contributed by atoms with Gasteiger partial charge >= 0.3 is 0 Å². The van der Waals surface area contributed by atoms with Crippen molar-refractivity contribution in [3.63, 3.8) is 0 Å². The normalized spacial score (nSPS) is 11.0. The third-order valence-corrected chi connectivity index (χ3v) is 3.18. The molecule has 1 amide bonds. The van der Waals surface area contributed by atoms with Gasteiger partial charge in [0, 0.05) is 16.3 Å². The molecular formula is C13H16N2OS. The van der Waals surface area contributed by atoms with E-state index in [-0.39, 0.29) is 11.5 Å². The first-order chi connectivity index (χ1) is 8.17. The molecule has 0 aliphatic carbocycles. The zero-order chi connectivity index (χ0) is 12.7. The number of nitrogens with zero attached hydrogens (tertiary/aromatic N) is 1. The van der Waals surface area contributed by atoms with Gasteiger partial charge in [0.15, 0.2) is 0 Å². The highest BCUT2D eigenvalue weighted by Crippen LogP contribution is 2.18. The van der Waals surface area contributed by atoms with E-state index >= 15 is 0 Å². The van der Waals surface area contributed by atoms with Crippen LogP contribution in [-0.4, -0.2) is 12.5 Å². The predicted octanol–water partition coefficient (Wildman–Crippen LogP) is 2.88. The maximum Gasteiger partial charge on any atom is 0.261 e. The van der Waals surface area contributed by atoms with Crippen molar-refractivity contribution in [3.05, 3.63) is 27.5 Å². The topological polar surface area (TPSA) is 52.9 Å². The molecule has 17 heavy (non-hydrogen) atoms. The largest absolute Gasteiger partial charge is 0.351 e. The Morgan fingerprint density at radius 1 is 1.59 bits per heavy atom. The molecule has 90 valence electrons. The number of hydrogen-bond donors (Lipinski definition) is 1. The van der Waals surface area contributed by atoms with E-state index in [0.717, 1.165) is 17.7 Å². The Hall–Kier alpha value is -1.60.